The largest absolute Gasteiger partial charge is 0.321 e. The van der Waals surface area contributed by atoms with Gasteiger partial charge in [-0.05, 0) is 34.4 Å². The van der Waals surface area contributed by atoms with Gasteiger partial charge < -0.3 is 4.98 Å². The Balaban J connectivity index is 2.32. The maximum atomic E-state index is 12.1. The lowest BCUT2D eigenvalue weighted by molar-refractivity contribution is 1.35. The molecule has 4 aromatic rings. The molecule has 0 atom stereocenters. The Kier molecular flexibility index (Phi) is 2.00. The first-order valence-electron chi connectivity index (χ1n) is 6.26. The predicted molar refractivity (Wildman–Crippen MR) is 79.6 cm³/mol. The van der Waals surface area contributed by atoms with Crippen molar-refractivity contribution in [2.45, 2.75) is 0 Å². The van der Waals surface area contributed by atoms with Crippen molar-refractivity contribution in [3.63, 3.8) is 0 Å². The van der Waals surface area contributed by atoms with Gasteiger partial charge in [0.2, 0.25) is 0 Å². The number of aromatic nitrogens is 1. The molecule has 0 unspecified atom stereocenters. The van der Waals surface area contributed by atoms with E-state index >= 15 is 0 Å². The molecule has 90 valence electrons. The molecule has 1 aromatic heterocycles. The number of rotatable bonds is 0. The highest BCUT2D eigenvalue weighted by Crippen LogP contribution is 2.25. The van der Waals surface area contributed by atoms with E-state index in [1.807, 2.05) is 42.5 Å². The lowest BCUT2D eigenvalue weighted by atomic mass is 10.0. The van der Waals surface area contributed by atoms with Crippen molar-refractivity contribution in [3.05, 3.63) is 71.0 Å². The first-order chi connectivity index (χ1) is 9.33. The van der Waals surface area contributed by atoms with Crippen LogP contribution in [0.25, 0.3) is 32.4 Å². The highest BCUT2D eigenvalue weighted by atomic mass is 16.1. The zero-order valence-corrected chi connectivity index (χ0v) is 10.2. The maximum Gasteiger partial charge on any atom is 0.256 e. The fourth-order valence-electron chi connectivity index (χ4n) is 2.67. The minimum Gasteiger partial charge on any atom is -0.321 e. The molecular weight excluding hydrogens is 234 g/mol. The molecule has 0 bridgehead atoms. The van der Waals surface area contributed by atoms with Gasteiger partial charge >= 0.3 is 0 Å². The van der Waals surface area contributed by atoms with Crippen LogP contribution >= 0.6 is 0 Å². The van der Waals surface area contributed by atoms with Crippen LogP contribution < -0.4 is 5.56 Å². The second kappa shape index (κ2) is 3.69. The van der Waals surface area contributed by atoms with Crippen LogP contribution in [0, 0.1) is 0 Å². The van der Waals surface area contributed by atoms with Gasteiger partial charge in [-0.3, -0.25) is 4.79 Å². The second-order valence-electron chi connectivity index (χ2n) is 4.74. The number of hydrogen-bond donors (Lipinski definition) is 1. The van der Waals surface area contributed by atoms with Gasteiger partial charge in [-0.1, -0.05) is 42.5 Å². The molecule has 4 rings (SSSR count). The molecule has 0 fully saturated rings. The molecule has 19 heavy (non-hydrogen) atoms. The summed E-state index contributed by atoms with van der Waals surface area (Å²) in [5.41, 5.74) is 0.862. The highest BCUT2D eigenvalue weighted by Gasteiger charge is 2.05. The first kappa shape index (κ1) is 10.3. The third kappa shape index (κ3) is 1.47. The Morgan fingerprint density at radius 3 is 2.11 bits per heavy atom. The number of nitrogens with one attached hydrogen (secondary N) is 1. The van der Waals surface area contributed by atoms with Crippen LogP contribution in [-0.4, -0.2) is 4.98 Å². The van der Waals surface area contributed by atoms with Gasteiger partial charge in [0.15, 0.2) is 0 Å². The average Bonchev–Trinajstić information content (AvgIpc) is 2.46. The second-order valence-corrected chi connectivity index (χ2v) is 4.74. The SMILES string of the molecule is O=c1[nH]c2cc3ccccc3cc2c2ccccc12. The van der Waals surface area contributed by atoms with Crippen molar-refractivity contribution in [2.24, 2.45) is 0 Å². The molecule has 0 spiro atoms. The van der Waals surface area contributed by atoms with Crippen LogP contribution in [0.15, 0.2) is 65.5 Å². The standard InChI is InChI=1S/C17H11NO/c19-17-14-8-4-3-7-13(14)15-9-11-5-1-2-6-12(11)10-16(15)18-17/h1-10H,(H,18,19). The number of H-pyrrole nitrogens is 1. The van der Waals surface area contributed by atoms with E-state index in [-0.39, 0.29) is 5.56 Å². The number of fused-ring (bicyclic) bond motifs is 4. The highest BCUT2D eigenvalue weighted by molar-refractivity contribution is 6.10. The summed E-state index contributed by atoms with van der Waals surface area (Å²) in [5.74, 6) is 0. The van der Waals surface area contributed by atoms with Crippen molar-refractivity contribution in [3.8, 4) is 0 Å². The summed E-state index contributed by atoms with van der Waals surface area (Å²) in [7, 11) is 0. The van der Waals surface area contributed by atoms with Gasteiger partial charge in [0.05, 0.1) is 0 Å². The lowest BCUT2D eigenvalue weighted by Gasteiger charge is -2.05. The number of pyridine rings is 1. The van der Waals surface area contributed by atoms with Crippen LogP contribution in [-0.2, 0) is 0 Å². The summed E-state index contributed by atoms with van der Waals surface area (Å²) < 4.78 is 0. The van der Waals surface area contributed by atoms with Crippen molar-refractivity contribution in [1.82, 2.24) is 4.98 Å². The van der Waals surface area contributed by atoms with E-state index in [9.17, 15) is 4.79 Å². The molecular formula is C17H11NO. The molecule has 0 radical (unpaired) electrons. The third-order valence-electron chi connectivity index (χ3n) is 3.60. The minimum atomic E-state index is -0.0293. The molecule has 1 N–H and O–H groups in total. The van der Waals surface area contributed by atoms with E-state index in [1.54, 1.807) is 0 Å². The van der Waals surface area contributed by atoms with Crippen LogP contribution in [0.3, 0.4) is 0 Å². The van der Waals surface area contributed by atoms with Crippen molar-refractivity contribution in [2.75, 3.05) is 0 Å². The van der Waals surface area contributed by atoms with E-state index < -0.39 is 0 Å². The molecule has 0 aliphatic carbocycles. The summed E-state index contributed by atoms with van der Waals surface area (Å²) in [4.78, 5) is 15.0. The summed E-state index contributed by atoms with van der Waals surface area (Å²) in [5, 5.41) is 5.17. The molecule has 0 amide bonds. The van der Waals surface area contributed by atoms with Crippen LogP contribution in [0.2, 0.25) is 0 Å². The lowest BCUT2D eigenvalue weighted by Crippen LogP contribution is -2.05. The fraction of sp³-hybridized carbons (Fsp3) is 0. The number of benzene rings is 3. The van der Waals surface area contributed by atoms with E-state index in [0.717, 1.165) is 27.1 Å². The summed E-state index contributed by atoms with van der Waals surface area (Å²) in [6.07, 6.45) is 0. The number of hydrogen-bond acceptors (Lipinski definition) is 1. The monoisotopic (exact) mass is 245 g/mol. The Morgan fingerprint density at radius 1 is 0.684 bits per heavy atom. The molecule has 0 aliphatic rings. The summed E-state index contributed by atoms with van der Waals surface area (Å²) >= 11 is 0. The zero-order valence-electron chi connectivity index (χ0n) is 10.2. The Morgan fingerprint density at radius 2 is 1.32 bits per heavy atom. The Hall–Kier alpha value is -2.61. The third-order valence-corrected chi connectivity index (χ3v) is 3.60. The van der Waals surface area contributed by atoms with E-state index in [4.69, 9.17) is 0 Å². The predicted octanol–water partition coefficient (Wildman–Crippen LogP) is 3.83. The zero-order chi connectivity index (χ0) is 12.8. The molecule has 0 saturated carbocycles. The summed E-state index contributed by atoms with van der Waals surface area (Å²) in [6.45, 7) is 0. The van der Waals surface area contributed by atoms with Crippen LogP contribution in [0.5, 0.6) is 0 Å². The topological polar surface area (TPSA) is 32.9 Å². The van der Waals surface area contributed by atoms with E-state index in [2.05, 4.69) is 23.2 Å². The molecule has 2 nitrogen and oxygen atoms in total. The van der Waals surface area contributed by atoms with Gasteiger partial charge in [-0.25, -0.2) is 0 Å². The molecule has 3 aromatic carbocycles. The van der Waals surface area contributed by atoms with Gasteiger partial charge in [0.25, 0.3) is 5.56 Å². The van der Waals surface area contributed by atoms with Gasteiger partial charge in [-0.2, -0.15) is 0 Å². The van der Waals surface area contributed by atoms with Crippen molar-refractivity contribution >= 4 is 32.4 Å². The number of aromatic amines is 1. The minimum absolute atomic E-state index is 0.0293. The fourth-order valence-corrected chi connectivity index (χ4v) is 2.67. The smallest absolute Gasteiger partial charge is 0.256 e. The van der Waals surface area contributed by atoms with Gasteiger partial charge in [0, 0.05) is 16.3 Å². The van der Waals surface area contributed by atoms with E-state index in [1.165, 1.54) is 5.39 Å². The van der Waals surface area contributed by atoms with E-state index in [0.29, 0.717) is 0 Å². The summed E-state index contributed by atoms with van der Waals surface area (Å²) in [6, 6.07) is 20.1. The molecule has 1 heterocycles. The van der Waals surface area contributed by atoms with Crippen molar-refractivity contribution in [1.29, 1.82) is 0 Å². The van der Waals surface area contributed by atoms with Gasteiger partial charge in [0.1, 0.15) is 0 Å². The quantitative estimate of drug-likeness (QED) is 0.370. The average molecular weight is 245 g/mol. The maximum absolute atomic E-state index is 12.1. The molecule has 0 aliphatic heterocycles. The van der Waals surface area contributed by atoms with Crippen LogP contribution in [0.1, 0.15) is 0 Å². The van der Waals surface area contributed by atoms with Crippen LogP contribution in [0.4, 0.5) is 0 Å². The Labute approximate surface area is 109 Å². The van der Waals surface area contributed by atoms with Crippen molar-refractivity contribution < 1.29 is 0 Å². The first-order valence-corrected chi connectivity index (χ1v) is 6.26. The Bertz CT molecular complexity index is 982. The van der Waals surface area contributed by atoms with Gasteiger partial charge in [-0.15, -0.1) is 0 Å². The normalized spacial score (nSPS) is 11.4. The molecule has 2 heteroatoms. The molecule has 0 saturated heterocycles.